The van der Waals surface area contributed by atoms with Crippen LogP contribution in [-0.2, 0) is 82.8 Å². The standard InChI is InChI=1S/C48H68ClN6O18P3/c1-5-59-47(19-27-55(28-20-47)38-15-13-37(49)14-16-38)68-41-42(71-76(58,66-33-12-26-54)67-34-21-46(4)60-35-45(2,3)36-61-46)39-40(70-48(69-39)17-6-7-18-48)43(72-74(56,62-29-8-22-50)63-30-9-23-51)44(41)73-75(57,64-31-10-24-52)65-32-11-25-53/h13-16,39-44H,5-12,17-21,27-36H2,1-4H3/t39-,40+,41+,42-,43-,44-,76?/m1/s1. The molecule has 24 nitrogen and oxygen atoms in total. The van der Waals surface area contributed by atoms with Crippen molar-refractivity contribution in [1.82, 2.24) is 0 Å². The largest absolute Gasteiger partial charge is 0.475 e. The van der Waals surface area contributed by atoms with Crippen LogP contribution in [0.4, 0.5) is 5.69 Å². The molecule has 0 aromatic heterocycles. The molecule has 3 aliphatic heterocycles. The van der Waals surface area contributed by atoms with Gasteiger partial charge < -0.3 is 33.3 Å². The van der Waals surface area contributed by atoms with Gasteiger partial charge in [-0.1, -0.05) is 25.4 Å². The van der Waals surface area contributed by atoms with Crippen LogP contribution in [0.5, 0.6) is 0 Å². The lowest BCUT2D eigenvalue weighted by atomic mass is 9.84. The highest BCUT2D eigenvalue weighted by molar-refractivity contribution is 7.49. The fourth-order valence-electron chi connectivity index (χ4n) is 9.15. The Kier molecular flexibility index (Phi) is 23.1. The van der Waals surface area contributed by atoms with E-state index in [0.29, 0.717) is 57.0 Å². The number of benzene rings is 1. The molecule has 1 unspecified atom stereocenters. The molecule has 0 amide bonds. The Morgan fingerprint density at radius 1 is 0.605 bits per heavy atom. The SMILES string of the molecule is CCOC1(O[C@@H]2[C@@H](OP(=O)(OCCC#N)OCCC#N)[C@H](OP(=O)(OCCC#N)OCCC#N)[C@H]3OC4(CCCC4)O[C@H]3[C@H]2OP(=O)(OCCC#N)OCCC2(C)OCC(C)(C)CO2)CCN(c2ccc(Cl)cc2)CC1. The molecular formula is C48H68ClN6O18P3. The van der Waals surface area contributed by atoms with Gasteiger partial charge in [-0.25, -0.2) is 13.7 Å². The van der Waals surface area contributed by atoms with E-state index in [-0.39, 0.29) is 70.0 Å². The molecule has 0 bridgehead atoms. The Labute approximate surface area is 449 Å². The van der Waals surface area contributed by atoms with E-state index in [1.807, 2.05) is 56.3 Å². The Hall–Kier alpha value is -3.15. The molecule has 0 radical (unpaired) electrons. The zero-order chi connectivity index (χ0) is 54.9. The molecule has 2 saturated carbocycles. The number of nitrogens with zero attached hydrogens (tertiary/aromatic N) is 6. The second kappa shape index (κ2) is 28.3. The zero-order valence-electron chi connectivity index (χ0n) is 43.3. The van der Waals surface area contributed by atoms with Gasteiger partial charge in [0.15, 0.2) is 17.4 Å². The van der Waals surface area contributed by atoms with Crippen LogP contribution in [0.3, 0.4) is 0 Å². The Balaban J connectivity index is 1.53. The lowest BCUT2D eigenvalue weighted by molar-refractivity contribution is -0.312. The molecule has 1 aromatic rings. The Morgan fingerprint density at radius 3 is 1.43 bits per heavy atom. The zero-order valence-corrected chi connectivity index (χ0v) is 46.7. The number of halogens is 1. The number of nitriles is 5. The van der Waals surface area contributed by atoms with Crippen molar-refractivity contribution in [3.63, 3.8) is 0 Å². The van der Waals surface area contributed by atoms with E-state index in [4.69, 9.17) is 80.7 Å². The van der Waals surface area contributed by atoms with Crippen LogP contribution in [-0.4, -0.2) is 127 Å². The fourth-order valence-corrected chi connectivity index (χ4v) is 13.4. The number of rotatable bonds is 30. The highest BCUT2D eigenvalue weighted by Gasteiger charge is 2.67. The number of anilines is 1. The van der Waals surface area contributed by atoms with Gasteiger partial charge in [0.25, 0.3) is 0 Å². The second-order valence-electron chi connectivity index (χ2n) is 19.4. The summed E-state index contributed by atoms with van der Waals surface area (Å²) in [6, 6.07) is 16.8. The molecule has 6 rings (SSSR count). The summed E-state index contributed by atoms with van der Waals surface area (Å²) in [5.41, 5.74) is 0.578. The first-order valence-electron chi connectivity index (χ1n) is 25.4. The summed E-state index contributed by atoms with van der Waals surface area (Å²) in [6.07, 6.45) is -9.38. The number of piperidine rings is 1. The van der Waals surface area contributed by atoms with Crippen molar-refractivity contribution in [3.05, 3.63) is 29.3 Å². The first kappa shape index (κ1) is 62.1. The third-order valence-corrected chi connectivity index (χ3v) is 17.6. The number of hydrogen-bond donors (Lipinski definition) is 0. The molecule has 28 heteroatoms. The Bertz CT molecular complexity index is 2360. The topological polar surface area (TPSA) is 312 Å². The van der Waals surface area contributed by atoms with Crippen molar-refractivity contribution in [1.29, 1.82) is 26.3 Å². The van der Waals surface area contributed by atoms with Gasteiger partial charge >= 0.3 is 23.5 Å². The smallest absolute Gasteiger partial charge is 0.371 e. The lowest BCUT2D eigenvalue weighted by Gasteiger charge is -2.51. The monoisotopic (exact) mass is 1140 g/mol. The van der Waals surface area contributed by atoms with E-state index in [1.165, 1.54) is 0 Å². The van der Waals surface area contributed by atoms with Gasteiger partial charge in [0.2, 0.25) is 0 Å². The van der Waals surface area contributed by atoms with Crippen LogP contribution in [0.15, 0.2) is 24.3 Å². The third kappa shape index (κ3) is 17.2. The minimum atomic E-state index is -5.03. The molecule has 2 aliphatic carbocycles. The van der Waals surface area contributed by atoms with Gasteiger partial charge in [-0.05, 0) is 51.0 Å². The quantitative estimate of drug-likeness (QED) is 0.0393. The van der Waals surface area contributed by atoms with Gasteiger partial charge in [-0.3, -0.25) is 40.7 Å². The van der Waals surface area contributed by atoms with Gasteiger partial charge in [0, 0.05) is 67.9 Å². The number of ether oxygens (including phenoxy) is 6. The normalized spacial score (nSPS) is 26.3. The predicted molar refractivity (Wildman–Crippen MR) is 266 cm³/mol. The highest BCUT2D eigenvalue weighted by Crippen LogP contribution is 2.62. The van der Waals surface area contributed by atoms with E-state index in [0.717, 1.165) is 5.69 Å². The maximum absolute atomic E-state index is 15.5. The molecule has 5 fully saturated rings. The molecule has 3 heterocycles. The van der Waals surface area contributed by atoms with Crippen molar-refractivity contribution in [3.8, 4) is 30.3 Å². The van der Waals surface area contributed by atoms with E-state index in [2.05, 4.69) is 4.90 Å². The molecule has 0 N–H and O–H groups in total. The van der Waals surface area contributed by atoms with Crippen LogP contribution >= 0.6 is 35.1 Å². The van der Waals surface area contributed by atoms with E-state index < -0.39 is 110 Å². The summed E-state index contributed by atoms with van der Waals surface area (Å²) in [5.74, 6) is -4.13. The van der Waals surface area contributed by atoms with Crippen LogP contribution in [0, 0.1) is 62.1 Å². The van der Waals surface area contributed by atoms with Gasteiger partial charge in [0.1, 0.15) is 36.6 Å². The summed E-state index contributed by atoms with van der Waals surface area (Å²) >= 11 is 6.24. The minimum Gasteiger partial charge on any atom is -0.371 e. The van der Waals surface area contributed by atoms with Crippen molar-refractivity contribution >= 4 is 40.8 Å². The van der Waals surface area contributed by atoms with Crippen LogP contribution in [0.2, 0.25) is 5.02 Å². The molecule has 420 valence electrons. The summed E-state index contributed by atoms with van der Waals surface area (Å²) in [5, 5.41) is 48.1. The molecule has 76 heavy (non-hydrogen) atoms. The maximum atomic E-state index is 15.5. The van der Waals surface area contributed by atoms with E-state index in [1.54, 1.807) is 26.0 Å². The number of hydrogen-bond acceptors (Lipinski definition) is 24. The summed E-state index contributed by atoms with van der Waals surface area (Å²) in [6.45, 7) is 6.16. The third-order valence-electron chi connectivity index (χ3n) is 12.9. The van der Waals surface area contributed by atoms with Crippen molar-refractivity contribution in [2.45, 2.75) is 159 Å². The summed E-state index contributed by atoms with van der Waals surface area (Å²) in [7, 11) is -14.9. The minimum absolute atomic E-state index is 0.0345. The van der Waals surface area contributed by atoms with Crippen LogP contribution in [0.1, 0.15) is 105 Å². The van der Waals surface area contributed by atoms with Crippen molar-refractivity contribution in [2.75, 3.05) is 77.5 Å². The van der Waals surface area contributed by atoms with Gasteiger partial charge in [-0.2, -0.15) is 26.3 Å². The summed E-state index contributed by atoms with van der Waals surface area (Å²) in [4.78, 5) is 2.08. The lowest BCUT2D eigenvalue weighted by Crippen LogP contribution is -2.67. The first-order valence-corrected chi connectivity index (χ1v) is 30.1. The predicted octanol–water partition coefficient (Wildman–Crippen LogP) is 9.45. The number of phosphoric ester groups is 3. The van der Waals surface area contributed by atoms with Gasteiger partial charge in [-0.15, -0.1) is 0 Å². The molecular weight excluding hydrogens is 1080 g/mol. The average Bonchev–Trinajstić information content (AvgIpc) is 4.03. The number of phosphoric acid groups is 3. The first-order chi connectivity index (χ1) is 36.3. The second-order valence-corrected chi connectivity index (χ2v) is 24.7. The van der Waals surface area contributed by atoms with E-state index >= 15 is 13.7 Å². The van der Waals surface area contributed by atoms with Crippen LogP contribution < -0.4 is 4.90 Å². The number of fused-ring (bicyclic) bond motifs is 1. The van der Waals surface area contributed by atoms with Gasteiger partial charge in [0.05, 0.1) is 115 Å². The molecule has 7 atom stereocenters. The molecule has 5 aliphatic rings. The maximum Gasteiger partial charge on any atom is 0.475 e. The van der Waals surface area contributed by atoms with E-state index in [9.17, 15) is 26.3 Å². The Morgan fingerprint density at radius 2 is 1.01 bits per heavy atom. The van der Waals surface area contributed by atoms with Crippen molar-refractivity contribution in [2.24, 2.45) is 5.41 Å². The molecule has 1 aromatic carbocycles. The highest BCUT2D eigenvalue weighted by atomic mass is 35.5. The molecule has 1 spiro atoms. The fraction of sp³-hybridized carbons (Fsp3) is 0.771. The van der Waals surface area contributed by atoms with Crippen LogP contribution in [0.25, 0.3) is 0 Å². The molecule has 3 saturated heterocycles. The van der Waals surface area contributed by atoms with Crippen molar-refractivity contribution < 1.29 is 82.8 Å². The average molecular weight is 1150 g/mol. The summed E-state index contributed by atoms with van der Waals surface area (Å²) < 4.78 is 140.